The van der Waals surface area contributed by atoms with Crippen LogP contribution < -0.4 is 4.74 Å². The molecule has 0 atom stereocenters. The van der Waals surface area contributed by atoms with E-state index in [2.05, 4.69) is 4.98 Å². The number of nitro groups is 1. The largest absolute Gasteiger partial charge is 0.489 e. The van der Waals surface area contributed by atoms with Crippen molar-refractivity contribution < 1.29 is 9.66 Å². The molecular weight excluding hydrogens is 268 g/mol. The highest BCUT2D eigenvalue weighted by Gasteiger charge is 2.06. The van der Waals surface area contributed by atoms with E-state index in [0.29, 0.717) is 12.4 Å². The predicted molar refractivity (Wildman–Crippen MR) is 79.2 cm³/mol. The Morgan fingerprint density at radius 2 is 1.81 bits per heavy atom. The topological polar surface area (TPSA) is 65.3 Å². The van der Waals surface area contributed by atoms with Crippen LogP contribution in [0.5, 0.6) is 5.75 Å². The van der Waals surface area contributed by atoms with Crippen molar-refractivity contribution in [3.8, 4) is 5.75 Å². The number of rotatable bonds is 4. The molecule has 3 aromatic rings. The van der Waals surface area contributed by atoms with Gasteiger partial charge in [0.2, 0.25) is 0 Å². The maximum absolute atomic E-state index is 10.6. The molecule has 0 N–H and O–H groups in total. The molecule has 0 aliphatic carbocycles. The van der Waals surface area contributed by atoms with Crippen molar-refractivity contribution in [1.29, 1.82) is 0 Å². The van der Waals surface area contributed by atoms with Gasteiger partial charge in [0.1, 0.15) is 12.4 Å². The average molecular weight is 280 g/mol. The third-order valence-corrected chi connectivity index (χ3v) is 3.18. The van der Waals surface area contributed by atoms with Gasteiger partial charge in [-0.1, -0.05) is 18.2 Å². The summed E-state index contributed by atoms with van der Waals surface area (Å²) in [6, 6.07) is 15.8. The van der Waals surface area contributed by atoms with Gasteiger partial charge in [0.25, 0.3) is 5.69 Å². The number of non-ortho nitro benzene ring substituents is 1. The monoisotopic (exact) mass is 280 g/mol. The van der Waals surface area contributed by atoms with Gasteiger partial charge < -0.3 is 4.74 Å². The van der Waals surface area contributed by atoms with Crippen LogP contribution in [0.3, 0.4) is 0 Å². The second-order valence-electron chi connectivity index (χ2n) is 4.53. The third kappa shape index (κ3) is 2.81. The molecule has 0 amide bonds. The highest BCUT2D eigenvalue weighted by atomic mass is 16.6. The third-order valence-electron chi connectivity index (χ3n) is 3.18. The molecule has 0 unspecified atom stereocenters. The van der Waals surface area contributed by atoms with Crippen molar-refractivity contribution in [2.45, 2.75) is 6.61 Å². The molecule has 0 spiro atoms. The van der Waals surface area contributed by atoms with Gasteiger partial charge in [-0.05, 0) is 24.3 Å². The summed E-state index contributed by atoms with van der Waals surface area (Å²) in [5, 5.41) is 11.6. The van der Waals surface area contributed by atoms with Crippen LogP contribution in [0.4, 0.5) is 5.69 Å². The molecular formula is C16H12N2O3. The van der Waals surface area contributed by atoms with E-state index in [-0.39, 0.29) is 5.69 Å². The lowest BCUT2D eigenvalue weighted by Gasteiger charge is -2.08. The van der Waals surface area contributed by atoms with Crippen LogP contribution in [0.1, 0.15) is 5.56 Å². The molecule has 5 heteroatoms. The summed E-state index contributed by atoms with van der Waals surface area (Å²) < 4.78 is 5.68. The van der Waals surface area contributed by atoms with E-state index in [1.165, 1.54) is 12.1 Å². The number of nitro benzene ring substituents is 1. The number of ether oxygens (including phenoxy) is 1. The summed E-state index contributed by atoms with van der Waals surface area (Å²) >= 11 is 0. The van der Waals surface area contributed by atoms with Crippen molar-refractivity contribution in [2.24, 2.45) is 0 Å². The van der Waals surface area contributed by atoms with Gasteiger partial charge in [0.05, 0.1) is 10.4 Å². The Morgan fingerprint density at radius 3 is 2.57 bits per heavy atom. The molecule has 2 aromatic carbocycles. The van der Waals surface area contributed by atoms with E-state index in [9.17, 15) is 10.1 Å². The van der Waals surface area contributed by atoms with Crippen molar-refractivity contribution in [2.75, 3.05) is 0 Å². The number of benzene rings is 2. The lowest BCUT2D eigenvalue weighted by atomic mass is 10.1. The molecule has 0 aliphatic heterocycles. The Hall–Kier alpha value is -2.95. The van der Waals surface area contributed by atoms with Crippen LogP contribution in [0.25, 0.3) is 10.9 Å². The Kier molecular flexibility index (Phi) is 3.47. The first-order valence-corrected chi connectivity index (χ1v) is 6.44. The van der Waals surface area contributed by atoms with E-state index >= 15 is 0 Å². The minimum absolute atomic E-state index is 0.0525. The van der Waals surface area contributed by atoms with Crippen molar-refractivity contribution in [1.82, 2.24) is 4.98 Å². The van der Waals surface area contributed by atoms with Crippen LogP contribution in [0, 0.1) is 10.1 Å². The van der Waals surface area contributed by atoms with E-state index in [1.54, 1.807) is 18.3 Å². The van der Waals surface area contributed by atoms with E-state index in [0.717, 1.165) is 16.5 Å². The number of para-hydroxylation sites is 1. The fourth-order valence-corrected chi connectivity index (χ4v) is 2.11. The van der Waals surface area contributed by atoms with Crippen LogP contribution in [-0.2, 0) is 6.61 Å². The second-order valence-corrected chi connectivity index (χ2v) is 4.53. The summed E-state index contributed by atoms with van der Waals surface area (Å²) in [6.45, 7) is 0.390. The van der Waals surface area contributed by atoms with Crippen LogP contribution >= 0.6 is 0 Å². The summed E-state index contributed by atoms with van der Waals surface area (Å²) in [7, 11) is 0. The summed E-state index contributed by atoms with van der Waals surface area (Å²) in [6.07, 6.45) is 1.75. The van der Waals surface area contributed by atoms with Gasteiger partial charge in [-0.15, -0.1) is 0 Å². The summed E-state index contributed by atoms with van der Waals surface area (Å²) in [5.41, 5.74) is 2.00. The number of hydrogen-bond donors (Lipinski definition) is 0. The Bertz CT molecular complexity index is 780. The normalized spacial score (nSPS) is 10.5. The predicted octanol–water partition coefficient (Wildman–Crippen LogP) is 3.72. The molecule has 0 saturated heterocycles. The van der Waals surface area contributed by atoms with Gasteiger partial charge in [-0.25, -0.2) is 0 Å². The van der Waals surface area contributed by atoms with Gasteiger partial charge >= 0.3 is 0 Å². The average Bonchev–Trinajstić information content (AvgIpc) is 2.53. The fourth-order valence-electron chi connectivity index (χ4n) is 2.11. The Morgan fingerprint density at radius 1 is 1.05 bits per heavy atom. The number of aromatic nitrogens is 1. The number of pyridine rings is 1. The molecule has 0 fully saturated rings. The quantitative estimate of drug-likeness (QED) is 0.539. The highest BCUT2D eigenvalue weighted by Crippen LogP contribution is 2.21. The smallest absolute Gasteiger partial charge is 0.269 e. The Balaban J connectivity index is 1.79. The zero-order valence-electron chi connectivity index (χ0n) is 11.1. The molecule has 3 rings (SSSR count). The highest BCUT2D eigenvalue weighted by molar-refractivity contribution is 5.81. The second kappa shape index (κ2) is 5.58. The maximum Gasteiger partial charge on any atom is 0.269 e. The van der Waals surface area contributed by atoms with Crippen LogP contribution in [0.15, 0.2) is 60.8 Å². The zero-order valence-corrected chi connectivity index (χ0v) is 11.1. The molecule has 0 radical (unpaired) electrons. The number of fused-ring (bicyclic) bond motifs is 1. The molecule has 5 nitrogen and oxygen atoms in total. The van der Waals surface area contributed by atoms with Gasteiger partial charge in [-0.2, -0.15) is 0 Å². The molecule has 104 valence electrons. The van der Waals surface area contributed by atoms with Gasteiger partial charge in [-0.3, -0.25) is 15.1 Å². The Labute approximate surface area is 121 Å². The molecule has 1 aromatic heterocycles. The first-order chi connectivity index (χ1) is 10.2. The van der Waals surface area contributed by atoms with Crippen molar-refractivity contribution >= 4 is 16.6 Å². The van der Waals surface area contributed by atoms with Crippen LogP contribution in [-0.4, -0.2) is 9.91 Å². The molecule has 0 bridgehead atoms. The summed E-state index contributed by atoms with van der Waals surface area (Å²) in [5.74, 6) is 0.599. The minimum Gasteiger partial charge on any atom is -0.489 e. The maximum atomic E-state index is 10.6. The molecule has 1 heterocycles. The number of hydrogen-bond acceptors (Lipinski definition) is 4. The van der Waals surface area contributed by atoms with E-state index in [4.69, 9.17) is 4.74 Å². The van der Waals surface area contributed by atoms with E-state index < -0.39 is 4.92 Å². The fraction of sp³-hybridized carbons (Fsp3) is 0.0625. The molecule has 0 saturated carbocycles. The zero-order chi connectivity index (χ0) is 14.7. The first kappa shape index (κ1) is 13.1. The first-order valence-electron chi connectivity index (χ1n) is 6.44. The molecule has 0 aliphatic rings. The van der Waals surface area contributed by atoms with Crippen molar-refractivity contribution in [3.63, 3.8) is 0 Å². The number of nitrogens with zero attached hydrogens (tertiary/aromatic N) is 2. The van der Waals surface area contributed by atoms with E-state index in [1.807, 2.05) is 30.3 Å². The van der Waals surface area contributed by atoms with Crippen molar-refractivity contribution in [3.05, 3.63) is 76.5 Å². The lowest BCUT2D eigenvalue weighted by molar-refractivity contribution is -0.384. The SMILES string of the molecule is O=[N+]([O-])c1ccc(OCc2ccnc3ccccc23)cc1. The standard InChI is InChI=1S/C16H12N2O3/c19-18(20)13-5-7-14(8-6-13)21-11-12-9-10-17-16-4-2-1-3-15(12)16/h1-10H,11H2. The minimum atomic E-state index is -0.430. The van der Waals surface area contributed by atoms with Gasteiger partial charge in [0.15, 0.2) is 0 Å². The van der Waals surface area contributed by atoms with Crippen LogP contribution in [0.2, 0.25) is 0 Å². The molecule has 21 heavy (non-hydrogen) atoms. The lowest BCUT2D eigenvalue weighted by Crippen LogP contribution is -1.97. The van der Waals surface area contributed by atoms with Gasteiger partial charge in [0, 0.05) is 29.3 Å². The summed E-state index contributed by atoms with van der Waals surface area (Å²) in [4.78, 5) is 14.5.